The van der Waals surface area contributed by atoms with Crippen molar-refractivity contribution in [2.45, 2.75) is 31.8 Å². The van der Waals surface area contributed by atoms with E-state index in [1.54, 1.807) is 7.11 Å². The van der Waals surface area contributed by atoms with Crippen molar-refractivity contribution in [1.82, 2.24) is 5.32 Å². The minimum absolute atomic E-state index is 0.437. The standard InChI is InChI=1S/C18H20BrNO/c1-21-15-9-10-16-13(11-15)6-4-8-18(16)20-12-14-5-2-3-7-17(14)19/h2-3,5,7,9-11,18,20H,4,6,8,12H2,1H3. The van der Waals surface area contributed by atoms with Gasteiger partial charge in [-0.1, -0.05) is 40.2 Å². The second kappa shape index (κ2) is 6.63. The van der Waals surface area contributed by atoms with E-state index >= 15 is 0 Å². The third kappa shape index (κ3) is 3.30. The van der Waals surface area contributed by atoms with Crippen LogP contribution in [0.5, 0.6) is 5.75 Å². The van der Waals surface area contributed by atoms with Gasteiger partial charge in [0.15, 0.2) is 0 Å². The van der Waals surface area contributed by atoms with Crippen molar-refractivity contribution >= 4 is 15.9 Å². The Hall–Kier alpha value is -1.32. The van der Waals surface area contributed by atoms with Crippen molar-refractivity contribution in [2.24, 2.45) is 0 Å². The summed E-state index contributed by atoms with van der Waals surface area (Å²) in [5.41, 5.74) is 4.15. The Kier molecular flexibility index (Phi) is 4.61. The van der Waals surface area contributed by atoms with E-state index < -0.39 is 0 Å². The summed E-state index contributed by atoms with van der Waals surface area (Å²) in [6, 6.07) is 15.3. The summed E-state index contributed by atoms with van der Waals surface area (Å²) < 4.78 is 6.50. The molecule has 0 saturated heterocycles. The lowest BCUT2D eigenvalue weighted by Gasteiger charge is -2.27. The molecule has 1 atom stereocenters. The van der Waals surface area contributed by atoms with Crippen LogP contribution in [0.1, 0.15) is 35.6 Å². The van der Waals surface area contributed by atoms with Crippen LogP contribution in [0, 0.1) is 0 Å². The summed E-state index contributed by atoms with van der Waals surface area (Å²) in [5.74, 6) is 0.959. The normalized spacial score (nSPS) is 17.3. The van der Waals surface area contributed by atoms with Crippen molar-refractivity contribution in [3.63, 3.8) is 0 Å². The van der Waals surface area contributed by atoms with Gasteiger partial charge in [0.1, 0.15) is 5.75 Å². The number of hydrogen-bond donors (Lipinski definition) is 1. The molecular weight excluding hydrogens is 326 g/mol. The summed E-state index contributed by atoms with van der Waals surface area (Å²) in [5, 5.41) is 3.70. The first-order chi connectivity index (χ1) is 10.3. The van der Waals surface area contributed by atoms with Gasteiger partial charge in [0.05, 0.1) is 7.11 Å². The zero-order chi connectivity index (χ0) is 14.7. The number of hydrogen-bond acceptors (Lipinski definition) is 2. The molecule has 1 aliphatic carbocycles. The van der Waals surface area contributed by atoms with Crippen LogP contribution in [0.4, 0.5) is 0 Å². The van der Waals surface area contributed by atoms with Crippen molar-refractivity contribution in [3.05, 3.63) is 63.6 Å². The molecule has 0 aromatic heterocycles. The summed E-state index contributed by atoms with van der Waals surface area (Å²) >= 11 is 3.62. The predicted molar refractivity (Wildman–Crippen MR) is 89.7 cm³/mol. The molecule has 0 bridgehead atoms. The van der Waals surface area contributed by atoms with Gasteiger partial charge in [-0.25, -0.2) is 0 Å². The van der Waals surface area contributed by atoms with Gasteiger partial charge in [0, 0.05) is 17.1 Å². The smallest absolute Gasteiger partial charge is 0.119 e. The SMILES string of the molecule is COc1ccc2c(c1)CCCC2NCc1ccccc1Br. The Balaban J connectivity index is 1.75. The van der Waals surface area contributed by atoms with Crippen LogP contribution < -0.4 is 10.1 Å². The van der Waals surface area contributed by atoms with E-state index in [-0.39, 0.29) is 0 Å². The topological polar surface area (TPSA) is 21.3 Å². The molecule has 0 radical (unpaired) electrons. The molecule has 3 heteroatoms. The maximum Gasteiger partial charge on any atom is 0.119 e. The molecule has 110 valence electrons. The minimum Gasteiger partial charge on any atom is -0.497 e. The van der Waals surface area contributed by atoms with E-state index in [4.69, 9.17) is 4.74 Å². The number of nitrogens with one attached hydrogen (secondary N) is 1. The Morgan fingerprint density at radius 2 is 2.10 bits per heavy atom. The van der Waals surface area contributed by atoms with Gasteiger partial charge in [-0.05, 0) is 54.2 Å². The van der Waals surface area contributed by atoms with Crippen LogP contribution in [0.25, 0.3) is 0 Å². The summed E-state index contributed by atoms with van der Waals surface area (Å²) in [7, 11) is 1.73. The first-order valence-corrected chi connectivity index (χ1v) is 8.21. The van der Waals surface area contributed by atoms with Crippen LogP contribution >= 0.6 is 15.9 Å². The van der Waals surface area contributed by atoms with Crippen LogP contribution in [-0.4, -0.2) is 7.11 Å². The largest absolute Gasteiger partial charge is 0.497 e. The molecule has 0 saturated carbocycles. The Morgan fingerprint density at radius 1 is 1.24 bits per heavy atom. The molecule has 2 aromatic carbocycles. The molecule has 0 heterocycles. The zero-order valence-corrected chi connectivity index (χ0v) is 13.8. The molecule has 1 unspecified atom stereocenters. The summed E-state index contributed by atoms with van der Waals surface area (Å²) in [6.07, 6.45) is 3.58. The lowest BCUT2D eigenvalue weighted by molar-refractivity contribution is 0.410. The quantitative estimate of drug-likeness (QED) is 0.872. The lowest BCUT2D eigenvalue weighted by atomic mass is 9.87. The van der Waals surface area contributed by atoms with E-state index in [9.17, 15) is 0 Å². The molecule has 1 N–H and O–H groups in total. The van der Waals surface area contributed by atoms with Crippen LogP contribution in [0.2, 0.25) is 0 Å². The second-order valence-electron chi connectivity index (χ2n) is 5.48. The molecule has 21 heavy (non-hydrogen) atoms. The average molecular weight is 346 g/mol. The number of ether oxygens (including phenoxy) is 1. The third-order valence-corrected chi connectivity index (χ3v) is 4.93. The van der Waals surface area contributed by atoms with Crippen molar-refractivity contribution in [1.29, 1.82) is 0 Å². The predicted octanol–water partition coefficient (Wildman–Crippen LogP) is 4.62. The zero-order valence-electron chi connectivity index (χ0n) is 12.2. The fourth-order valence-electron chi connectivity index (χ4n) is 3.00. The van der Waals surface area contributed by atoms with E-state index in [1.807, 2.05) is 0 Å². The number of rotatable bonds is 4. The van der Waals surface area contributed by atoms with Gasteiger partial charge in [0.2, 0.25) is 0 Å². The van der Waals surface area contributed by atoms with Crippen LogP contribution in [0.15, 0.2) is 46.9 Å². The molecule has 0 aliphatic heterocycles. The maximum absolute atomic E-state index is 5.33. The van der Waals surface area contributed by atoms with Crippen molar-refractivity contribution < 1.29 is 4.74 Å². The highest BCUT2D eigenvalue weighted by Gasteiger charge is 2.20. The fraction of sp³-hybridized carbons (Fsp3) is 0.333. The highest BCUT2D eigenvalue weighted by molar-refractivity contribution is 9.10. The number of aryl methyl sites for hydroxylation is 1. The highest BCUT2D eigenvalue weighted by atomic mass is 79.9. The Morgan fingerprint density at radius 3 is 2.90 bits per heavy atom. The molecule has 1 aliphatic rings. The van der Waals surface area contributed by atoms with E-state index in [0.717, 1.165) is 18.7 Å². The molecular formula is C18H20BrNO. The van der Waals surface area contributed by atoms with Crippen molar-refractivity contribution in [2.75, 3.05) is 7.11 Å². The molecule has 2 aromatic rings. The second-order valence-corrected chi connectivity index (χ2v) is 6.34. The van der Waals surface area contributed by atoms with E-state index in [1.165, 1.54) is 34.0 Å². The molecule has 2 nitrogen and oxygen atoms in total. The number of benzene rings is 2. The van der Waals surface area contributed by atoms with Crippen LogP contribution in [0.3, 0.4) is 0 Å². The van der Waals surface area contributed by atoms with Gasteiger partial charge in [-0.2, -0.15) is 0 Å². The molecule has 0 amide bonds. The highest BCUT2D eigenvalue weighted by Crippen LogP contribution is 2.32. The van der Waals surface area contributed by atoms with Crippen molar-refractivity contribution in [3.8, 4) is 5.75 Å². The Bertz CT molecular complexity index is 626. The maximum atomic E-state index is 5.33. The van der Waals surface area contributed by atoms with Gasteiger partial charge in [-0.15, -0.1) is 0 Å². The lowest BCUT2D eigenvalue weighted by Crippen LogP contribution is -2.25. The van der Waals surface area contributed by atoms with E-state index in [0.29, 0.717) is 6.04 Å². The molecule has 3 rings (SSSR count). The molecule has 0 spiro atoms. The van der Waals surface area contributed by atoms with Gasteiger partial charge in [0.25, 0.3) is 0 Å². The van der Waals surface area contributed by atoms with Gasteiger partial charge < -0.3 is 10.1 Å². The minimum atomic E-state index is 0.437. The first kappa shape index (κ1) is 14.6. The number of halogens is 1. The number of fused-ring (bicyclic) bond motifs is 1. The van der Waals surface area contributed by atoms with Gasteiger partial charge >= 0.3 is 0 Å². The Labute approximate surface area is 134 Å². The summed E-state index contributed by atoms with van der Waals surface area (Å²) in [6.45, 7) is 0.886. The first-order valence-electron chi connectivity index (χ1n) is 7.41. The fourth-order valence-corrected chi connectivity index (χ4v) is 3.43. The number of methoxy groups -OCH3 is 1. The monoisotopic (exact) mass is 345 g/mol. The van der Waals surface area contributed by atoms with Crippen LogP contribution in [-0.2, 0) is 13.0 Å². The average Bonchev–Trinajstić information content (AvgIpc) is 2.53. The summed E-state index contributed by atoms with van der Waals surface area (Å²) in [4.78, 5) is 0. The molecule has 0 fully saturated rings. The van der Waals surface area contributed by atoms with Gasteiger partial charge in [-0.3, -0.25) is 0 Å². The third-order valence-electron chi connectivity index (χ3n) is 4.16. The van der Waals surface area contributed by atoms with E-state index in [2.05, 4.69) is 63.7 Å².